The minimum atomic E-state index is -1.20. The Balaban J connectivity index is 2.04. The van der Waals surface area contributed by atoms with Crippen LogP contribution in [0.25, 0.3) is 11.3 Å². The van der Waals surface area contributed by atoms with Gasteiger partial charge in [0, 0.05) is 11.3 Å². The molecule has 2 N–H and O–H groups in total. The van der Waals surface area contributed by atoms with E-state index in [4.69, 9.17) is 11.6 Å². The molecule has 0 atom stereocenters. The number of hydrogen-bond acceptors (Lipinski definition) is 3. The molecule has 0 bridgehead atoms. The smallest absolute Gasteiger partial charge is 0.337 e. The number of halogens is 2. The average Bonchev–Trinajstić information content (AvgIpc) is 3.09. The summed E-state index contributed by atoms with van der Waals surface area (Å²) in [6.07, 6.45) is 1.44. The van der Waals surface area contributed by atoms with Gasteiger partial charge in [-0.3, -0.25) is 9.48 Å². The van der Waals surface area contributed by atoms with Crippen LogP contribution in [-0.2, 0) is 5.54 Å². The van der Waals surface area contributed by atoms with Crippen LogP contribution in [0.1, 0.15) is 41.5 Å². The Morgan fingerprint density at radius 1 is 1.10 bits per heavy atom. The first kappa shape index (κ1) is 20.5. The lowest BCUT2D eigenvalue weighted by Gasteiger charge is -2.23. The zero-order valence-corrected chi connectivity index (χ0v) is 16.8. The number of nitrogens with one attached hydrogen (secondary N) is 1. The van der Waals surface area contributed by atoms with Crippen molar-refractivity contribution in [2.45, 2.75) is 26.3 Å². The maximum absolute atomic E-state index is 13.4. The zero-order valence-electron chi connectivity index (χ0n) is 16.0. The highest BCUT2D eigenvalue weighted by molar-refractivity contribution is 6.33. The second kappa shape index (κ2) is 7.67. The Morgan fingerprint density at radius 2 is 1.76 bits per heavy atom. The maximum Gasteiger partial charge on any atom is 0.337 e. The molecule has 6 nitrogen and oxygen atoms in total. The fraction of sp³-hybridized carbons (Fsp3) is 0.190. The predicted octanol–water partition coefficient (Wildman–Crippen LogP) is 5.05. The summed E-state index contributed by atoms with van der Waals surface area (Å²) in [6.45, 7) is 5.81. The van der Waals surface area contributed by atoms with Gasteiger partial charge in [-0.05, 0) is 63.2 Å². The quantitative estimate of drug-likeness (QED) is 0.624. The van der Waals surface area contributed by atoms with Crippen LogP contribution in [0.4, 0.5) is 10.1 Å². The van der Waals surface area contributed by atoms with Crippen LogP contribution in [-0.4, -0.2) is 26.8 Å². The molecule has 0 radical (unpaired) electrons. The molecule has 29 heavy (non-hydrogen) atoms. The fourth-order valence-corrected chi connectivity index (χ4v) is 3.07. The van der Waals surface area contributed by atoms with E-state index < -0.39 is 17.4 Å². The van der Waals surface area contributed by atoms with Gasteiger partial charge in [0.05, 0.1) is 33.6 Å². The third-order valence-corrected chi connectivity index (χ3v) is 4.55. The van der Waals surface area contributed by atoms with Crippen LogP contribution in [0.15, 0.2) is 48.7 Å². The summed E-state index contributed by atoms with van der Waals surface area (Å²) >= 11 is 5.88. The zero-order chi connectivity index (χ0) is 21.3. The first-order chi connectivity index (χ1) is 13.6. The third-order valence-electron chi connectivity index (χ3n) is 4.22. The Hall–Kier alpha value is -3.19. The molecule has 0 unspecified atom stereocenters. The van der Waals surface area contributed by atoms with Gasteiger partial charge in [0.25, 0.3) is 5.91 Å². The molecule has 0 spiro atoms. The Kier molecular flexibility index (Phi) is 5.44. The number of rotatable bonds is 4. The van der Waals surface area contributed by atoms with E-state index in [1.165, 1.54) is 36.5 Å². The monoisotopic (exact) mass is 415 g/mol. The van der Waals surface area contributed by atoms with Crippen molar-refractivity contribution in [1.29, 1.82) is 0 Å². The molecular formula is C21H19ClFN3O3. The van der Waals surface area contributed by atoms with E-state index in [-0.39, 0.29) is 27.7 Å². The van der Waals surface area contributed by atoms with Crippen LogP contribution < -0.4 is 5.32 Å². The van der Waals surface area contributed by atoms with Crippen LogP contribution in [0.2, 0.25) is 5.02 Å². The summed E-state index contributed by atoms with van der Waals surface area (Å²) in [5.74, 6) is -2.05. The van der Waals surface area contributed by atoms with Crippen molar-refractivity contribution < 1.29 is 19.1 Å². The molecule has 2 aromatic carbocycles. The molecule has 0 saturated carbocycles. The lowest BCUT2D eigenvalue weighted by molar-refractivity contribution is 0.0696. The number of benzene rings is 2. The van der Waals surface area contributed by atoms with E-state index >= 15 is 0 Å². The van der Waals surface area contributed by atoms with Crippen LogP contribution >= 0.6 is 11.6 Å². The average molecular weight is 416 g/mol. The predicted molar refractivity (Wildman–Crippen MR) is 109 cm³/mol. The largest absolute Gasteiger partial charge is 0.478 e. The van der Waals surface area contributed by atoms with E-state index in [9.17, 15) is 19.1 Å². The number of carboxylic acid groups (broad SMARTS) is 1. The van der Waals surface area contributed by atoms with Crippen LogP contribution in [0.3, 0.4) is 0 Å². The van der Waals surface area contributed by atoms with E-state index in [0.717, 1.165) is 0 Å². The van der Waals surface area contributed by atoms with Crippen LogP contribution in [0, 0.1) is 5.82 Å². The summed E-state index contributed by atoms with van der Waals surface area (Å²) in [6, 6.07) is 9.99. The molecule has 150 valence electrons. The van der Waals surface area contributed by atoms with Gasteiger partial charge in [-0.25, -0.2) is 9.18 Å². The van der Waals surface area contributed by atoms with Crippen molar-refractivity contribution in [3.05, 3.63) is 70.6 Å². The number of carbonyl (C=O) groups is 2. The minimum absolute atomic E-state index is 0.0723. The molecule has 0 aliphatic carbocycles. The Morgan fingerprint density at radius 3 is 2.34 bits per heavy atom. The summed E-state index contributed by atoms with van der Waals surface area (Å²) in [5, 5.41) is 16.3. The highest BCUT2D eigenvalue weighted by Gasteiger charge is 2.25. The Labute approximate surface area is 171 Å². The molecule has 1 aromatic heterocycles. The van der Waals surface area contributed by atoms with E-state index in [2.05, 4.69) is 10.4 Å². The molecule has 3 aromatic rings. The van der Waals surface area contributed by atoms with Crippen molar-refractivity contribution >= 4 is 29.2 Å². The number of carboxylic acids is 1. The maximum atomic E-state index is 13.4. The van der Waals surface area contributed by atoms with Crippen molar-refractivity contribution in [2.24, 2.45) is 0 Å². The van der Waals surface area contributed by atoms with Crippen molar-refractivity contribution in [2.75, 3.05) is 5.32 Å². The third kappa shape index (κ3) is 4.30. The van der Waals surface area contributed by atoms with Gasteiger partial charge in [-0.15, -0.1) is 0 Å². The standard InChI is InChI=1S/C21H19ClFN3O3/c1-21(2,3)26-18(12-4-6-13(23)7-5-12)16(11-24-26)19(27)25-14-8-9-17(22)15(10-14)20(28)29/h4-11H,1-3H3,(H,25,27)(H,28,29). The number of hydrogen-bond donors (Lipinski definition) is 2. The van der Waals surface area contributed by atoms with Gasteiger partial charge < -0.3 is 10.4 Å². The number of anilines is 1. The van der Waals surface area contributed by atoms with Gasteiger partial charge >= 0.3 is 5.97 Å². The first-order valence-corrected chi connectivity index (χ1v) is 9.14. The van der Waals surface area contributed by atoms with Gasteiger partial charge in [0.15, 0.2) is 0 Å². The van der Waals surface area contributed by atoms with Crippen molar-refractivity contribution in [3.63, 3.8) is 0 Å². The summed E-state index contributed by atoms with van der Waals surface area (Å²) in [5.41, 5.74) is 1.17. The number of nitrogens with zero attached hydrogens (tertiary/aromatic N) is 2. The van der Waals surface area contributed by atoms with Gasteiger partial charge in [0.1, 0.15) is 5.82 Å². The topological polar surface area (TPSA) is 84.2 Å². The highest BCUT2D eigenvalue weighted by atomic mass is 35.5. The molecule has 3 rings (SSSR count). The summed E-state index contributed by atoms with van der Waals surface area (Å²) in [4.78, 5) is 24.2. The Bertz CT molecular complexity index is 1090. The molecule has 0 fully saturated rings. The summed E-state index contributed by atoms with van der Waals surface area (Å²) < 4.78 is 15.1. The molecule has 0 aliphatic heterocycles. The van der Waals surface area contributed by atoms with Gasteiger partial charge in [0.2, 0.25) is 0 Å². The molecule has 1 amide bonds. The molecule has 0 aliphatic rings. The lowest BCUT2D eigenvalue weighted by atomic mass is 10.0. The van der Waals surface area contributed by atoms with Gasteiger partial charge in [-0.2, -0.15) is 5.10 Å². The number of amides is 1. The van der Waals surface area contributed by atoms with E-state index in [0.29, 0.717) is 11.3 Å². The number of aromatic carboxylic acids is 1. The number of aromatic nitrogens is 2. The van der Waals surface area contributed by atoms with Crippen LogP contribution in [0.5, 0.6) is 0 Å². The molecule has 0 saturated heterocycles. The first-order valence-electron chi connectivity index (χ1n) is 8.76. The highest BCUT2D eigenvalue weighted by Crippen LogP contribution is 2.30. The molecule has 8 heteroatoms. The lowest BCUT2D eigenvalue weighted by Crippen LogP contribution is -2.24. The number of carbonyl (C=O) groups excluding carboxylic acids is 1. The van der Waals surface area contributed by atoms with E-state index in [1.54, 1.807) is 16.8 Å². The fourth-order valence-electron chi connectivity index (χ4n) is 2.87. The van der Waals surface area contributed by atoms with E-state index in [1.807, 2.05) is 20.8 Å². The van der Waals surface area contributed by atoms with Gasteiger partial charge in [-0.1, -0.05) is 11.6 Å². The van der Waals surface area contributed by atoms with Crippen molar-refractivity contribution in [3.8, 4) is 11.3 Å². The van der Waals surface area contributed by atoms with Crippen molar-refractivity contribution in [1.82, 2.24) is 9.78 Å². The second-order valence-electron chi connectivity index (χ2n) is 7.45. The normalized spacial score (nSPS) is 11.3. The summed E-state index contributed by atoms with van der Waals surface area (Å²) in [7, 11) is 0. The molecular weight excluding hydrogens is 397 g/mol. The molecule has 1 heterocycles. The minimum Gasteiger partial charge on any atom is -0.478 e. The second-order valence-corrected chi connectivity index (χ2v) is 7.86. The SMILES string of the molecule is CC(C)(C)n1ncc(C(=O)Nc2ccc(Cl)c(C(=O)O)c2)c1-c1ccc(F)cc1.